The smallest absolute Gasteiger partial charge is 0.0291 e. The van der Waals surface area contributed by atoms with Gasteiger partial charge in [-0.2, -0.15) is 0 Å². The Balaban J connectivity index is 1.76. The first-order valence-electron chi connectivity index (χ1n) is 10.3. The van der Waals surface area contributed by atoms with Crippen LogP contribution in [0.5, 0.6) is 0 Å². The van der Waals surface area contributed by atoms with Crippen molar-refractivity contribution in [3.05, 3.63) is 96.6 Å². The minimum Gasteiger partial charge on any atom is -0.310 e. The van der Waals surface area contributed by atoms with Gasteiger partial charge >= 0.3 is 0 Å². The Morgan fingerprint density at radius 1 is 0.679 bits per heavy atom. The Bertz CT molecular complexity index is 762. The van der Waals surface area contributed by atoms with E-state index in [-0.39, 0.29) is 7.92 Å². The van der Waals surface area contributed by atoms with Crippen LogP contribution in [0.4, 0.5) is 0 Å². The highest BCUT2D eigenvalue weighted by atomic mass is 31.1. The molecule has 3 rings (SSSR count). The van der Waals surface area contributed by atoms with Crippen LogP contribution in [0.15, 0.2) is 91.0 Å². The fourth-order valence-corrected chi connectivity index (χ4v) is 6.81. The van der Waals surface area contributed by atoms with Crippen molar-refractivity contribution in [3.63, 3.8) is 0 Å². The quantitative estimate of drug-likeness (QED) is 0.450. The Morgan fingerprint density at radius 2 is 1.14 bits per heavy atom. The molecule has 1 N–H and O–H groups in total. The second-order valence-corrected chi connectivity index (χ2v) is 10.2. The van der Waals surface area contributed by atoms with E-state index in [1.165, 1.54) is 22.6 Å². The van der Waals surface area contributed by atoms with Crippen molar-refractivity contribution in [2.24, 2.45) is 5.92 Å². The third-order valence-electron chi connectivity index (χ3n) is 5.36. The molecule has 1 nitrogen and oxygen atoms in total. The highest BCUT2D eigenvalue weighted by Crippen LogP contribution is 2.44. The molecule has 0 aromatic heterocycles. The minimum atomic E-state index is -0.379. The van der Waals surface area contributed by atoms with E-state index in [1.807, 2.05) is 0 Å². The number of rotatable bonds is 9. The van der Waals surface area contributed by atoms with E-state index in [1.54, 1.807) is 0 Å². The largest absolute Gasteiger partial charge is 0.310 e. The summed E-state index contributed by atoms with van der Waals surface area (Å²) in [5.41, 5.74) is 2.01. The maximum absolute atomic E-state index is 3.75. The first kappa shape index (κ1) is 20.8. The molecule has 0 radical (unpaired) electrons. The second-order valence-electron chi connectivity index (χ2n) is 7.73. The van der Waals surface area contributed by atoms with Crippen molar-refractivity contribution in [2.45, 2.75) is 38.9 Å². The van der Waals surface area contributed by atoms with Crippen molar-refractivity contribution in [3.8, 4) is 0 Å². The first-order valence-corrected chi connectivity index (χ1v) is 11.8. The molecule has 0 heterocycles. The van der Waals surface area contributed by atoms with E-state index in [4.69, 9.17) is 0 Å². The zero-order valence-corrected chi connectivity index (χ0v) is 18.1. The lowest BCUT2D eigenvalue weighted by molar-refractivity contribution is 0.505. The van der Waals surface area contributed by atoms with Gasteiger partial charge in [-0.25, -0.2) is 0 Å². The topological polar surface area (TPSA) is 12.0 Å². The monoisotopic (exact) mass is 389 g/mol. The molecule has 0 spiro atoms. The van der Waals surface area contributed by atoms with E-state index in [9.17, 15) is 0 Å². The Hall–Kier alpha value is -1.95. The average Bonchev–Trinajstić information content (AvgIpc) is 2.75. The molecule has 2 atom stereocenters. The standard InChI is InChI=1S/C26H32NP/c1-21(2)26(19-20-27-22(3)23-13-7-4-8-14-23)28(24-15-9-5-10-16-24)25-17-11-6-12-18-25/h4-18,21-22,26-27H,19-20H2,1-3H3/t22-,26+/m1/s1. The van der Waals surface area contributed by atoms with Crippen LogP contribution < -0.4 is 15.9 Å². The fourth-order valence-electron chi connectivity index (χ4n) is 3.78. The van der Waals surface area contributed by atoms with E-state index in [2.05, 4.69) is 117 Å². The predicted octanol–water partition coefficient (Wildman–Crippen LogP) is 5.88. The van der Waals surface area contributed by atoms with Crippen LogP contribution in [0.1, 0.15) is 38.8 Å². The van der Waals surface area contributed by atoms with Crippen LogP contribution >= 0.6 is 7.92 Å². The van der Waals surface area contributed by atoms with Crippen LogP contribution in [0, 0.1) is 5.92 Å². The first-order chi connectivity index (χ1) is 13.7. The Kier molecular flexibility index (Phi) is 7.83. The van der Waals surface area contributed by atoms with Crippen molar-refractivity contribution in [1.82, 2.24) is 5.32 Å². The minimum absolute atomic E-state index is 0.379. The Morgan fingerprint density at radius 3 is 1.61 bits per heavy atom. The fraction of sp³-hybridized carbons (Fsp3) is 0.308. The number of nitrogens with one attached hydrogen (secondary N) is 1. The summed E-state index contributed by atoms with van der Waals surface area (Å²) in [4.78, 5) is 0. The molecule has 0 bridgehead atoms. The summed E-state index contributed by atoms with van der Waals surface area (Å²) in [6.45, 7) is 8.06. The molecule has 0 saturated heterocycles. The van der Waals surface area contributed by atoms with E-state index in [0.29, 0.717) is 17.6 Å². The summed E-state index contributed by atoms with van der Waals surface area (Å²) < 4.78 is 0. The maximum Gasteiger partial charge on any atom is 0.0291 e. The SMILES string of the molecule is CC(C)[C@H](CCN[C@H](C)c1ccccc1)P(c1ccccc1)c1ccccc1. The van der Waals surface area contributed by atoms with Gasteiger partial charge in [-0.1, -0.05) is 105 Å². The van der Waals surface area contributed by atoms with Gasteiger partial charge in [0.25, 0.3) is 0 Å². The molecule has 0 aliphatic rings. The lowest BCUT2D eigenvalue weighted by Crippen LogP contribution is -2.30. The summed E-state index contributed by atoms with van der Waals surface area (Å²) in [6.07, 6.45) is 1.18. The maximum atomic E-state index is 3.75. The van der Waals surface area contributed by atoms with Crippen molar-refractivity contribution < 1.29 is 0 Å². The summed E-state index contributed by atoms with van der Waals surface area (Å²) in [6, 6.07) is 33.3. The van der Waals surface area contributed by atoms with Crippen LogP contribution in [0.3, 0.4) is 0 Å². The number of hydrogen-bond donors (Lipinski definition) is 1. The van der Waals surface area contributed by atoms with Gasteiger partial charge in [0.2, 0.25) is 0 Å². The van der Waals surface area contributed by atoms with Crippen LogP contribution in [0.2, 0.25) is 0 Å². The Labute approximate surface area is 172 Å². The summed E-state index contributed by atoms with van der Waals surface area (Å²) in [7, 11) is -0.379. The molecule has 2 heteroatoms. The predicted molar refractivity (Wildman–Crippen MR) is 125 cm³/mol. The van der Waals surface area contributed by atoms with Crippen LogP contribution in [0.25, 0.3) is 0 Å². The molecule has 28 heavy (non-hydrogen) atoms. The molecular weight excluding hydrogens is 357 g/mol. The van der Waals surface area contributed by atoms with Crippen molar-refractivity contribution in [2.75, 3.05) is 6.54 Å². The third kappa shape index (κ3) is 5.53. The van der Waals surface area contributed by atoms with E-state index >= 15 is 0 Å². The zero-order valence-electron chi connectivity index (χ0n) is 17.3. The van der Waals surface area contributed by atoms with Gasteiger partial charge in [-0.3, -0.25) is 0 Å². The van der Waals surface area contributed by atoms with Gasteiger partial charge in [0.05, 0.1) is 0 Å². The van der Waals surface area contributed by atoms with E-state index < -0.39 is 0 Å². The molecule has 3 aromatic carbocycles. The van der Waals surface area contributed by atoms with Gasteiger partial charge in [0, 0.05) is 6.04 Å². The lowest BCUT2D eigenvalue weighted by atomic mass is 10.1. The third-order valence-corrected chi connectivity index (χ3v) is 8.59. The summed E-state index contributed by atoms with van der Waals surface area (Å²) >= 11 is 0. The highest BCUT2D eigenvalue weighted by molar-refractivity contribution is 7.73. The molecule has 3 aromatic rings. The normalized spacial score (nSPS) is 13.6. The van der Waals surface area contributed by atoms with Gasteiger partial charge in [-0.15, -0.1) is 0 Å². The van der Waals surface area contributed by atoms with E-state index in [0.717, 1.165) is 6.54 Å². The molecule has 146 valence electrons. The van der Waals surface area contributed by atoms with Gasteiger partial charge < -0.3 is 5.32 Å². The lowest BCUT2D eigenvalue weighted by Gasteiger charge is -2.32. The molecule has 0 aliphatic carbocycles. The number of hydrogen-bond acceptors (Lipinski definition) is 1. The van der Waals surface area contributed by atoms with Gasteiger partial charge in [0.15, 0.2) is 0 Å². The highest BCUT2D eigenvalue weighted by Gasteiger charge is 2.27. The molecule has 0 saturated carbocycles. The van der Waals surface area contributed by atoms with Crippen molar-refractivity contribution >= 4 is 18.5 Å². The molecule has 0 aliphatic heterocycles. The van der Waals surface area contributed by atoms with Crippen LogP contribution in [-0.2, 0) is 0 Å². The molecule has 0 amide bonds. The van der Waals surface area contributed by atoms with Crippen molar-refractivity contribution in [1.29, 1.82) is 0 Å². The summed E-state index contributed by atoms with van der Waals surface area (Å²) in [5, 5.41) is 6.72. The van der Waals surface area contributed by atoms with Gasteiger partial charge in [0.1, 0.15) is 0 Å². The second kappa shape index (κ2) is 10.6. The van der Waals surface area contributed by atoms with Gasteiger partial charge in [-0.05, 0) is 55.6 Å². The molecule has 0 fully saturated rings. The summed E-state index contributed by atoms with van der Waals surface area (Å²) in [5.74, 6) is 0.639. The zero-order chi connectivity index (χ0) is 19.8. The number of benzene rings is 3. The van der Waals surface area contributed by atoms with Crippen LogP contribution in [-0.4, -0.2) is 12.2 Å². The molecule has 0 unspecified atom stereocenters. The molecular formula is C26H32NP. The average molecular weight is 390 g/mol.